The second-order valence-electron chi connectivity index (χ2n) is 6.18. The molecule has 1 fully saturated rings. The highest BCUT2D eigenvalue weighted by Crippen LogP contribution is 2.15. The maximum Gasteiger partial charge on any atom is 0.325 e. The van der Waals surface area contributed by atoms with E-state index in [-0.39, 0.29) is 12.5 Å². The summed E-state index contributed by atoms with van der Waals surface area (Å²) >= 11 is 0. The molecular formula is C17H26N4O2. The van der Waals surface area contributed by atoms with Crippen molar-refractivity contribution in [3.05, 3.63) is 29.3 Å². The molecule has 0 bridgehead atoms. The number of carbonyl (C=O) groups excluding carboxylic acids is 2. The van der Waals surface area contributed by atoms with Crippen molar-refractivity contribution in [2.45, 2.75) is 32.7 Å². The molecule has 6 nitrogen and oxygen atoms in total. The molecule has 0 aromatic heterocycles. The van der Waals surface area contributed by atoms with Crippen molar-refractivity contribution in [1.29, 1.82) is 0 Å². The van der Waals surface area contributed by atoms with E-state index in [0.717, 1.165) is 37.1 Å². The van der Waals surface area contributed by atoms with Gasteiger partial charge < -0.3 is 10.6 Å². The number of likely N-dealkylation sites (tertiary alicyclic amines) is 1. The molecule has 126 valence electrons. The number of anilines is 1. The molecule has 3 amide bonds. The van der Waals surface area contributed by atoms with Crippen molar-refractivity contribution in [2.75, 3.05) is 32.0 Å². The lowest BCUT2D eigenvalue weighted by Gasteiger charge is -2.31. The van der Waals surface area contributed by atoms with Crippen LogP contribution in [0.3, 0.4) is 0 Å². The van der Waals surface area contributed by atoms with E-state index in [9.17, 15) is 9.59 Å². The zero-order chi connectivity index (χ0) is 16.8. The van der Waals surface area contributed by atoms with E-state index in [0.29, 0.717) is 11.7 Å². The zero-order valence-corrected chi connectivity index (χ0v) is 14.1. The van der Waals surface area contributed by atoms with E-state index in [1.807, 2.05) is 39.1 Å². The van der Waals surface area contributed by atoms with E-state index in [1.54, 1.807) is 0 Å². The van der Waals surface area contributed by atoms with Crippen LogP contribution in [0.25, 0.3) is 0 Å². The Hall–Kier alpha value is -1.92. The Morgan fingerprint density at radius 1 is 1.30 bits per heavy atom. The van der Waals surface area contributed by atoms with Gasteiger partial charge in [-0.25, -0.2) is 4.79 Å². The lowest BCUT2D eigenvalue weighted by Crippen LogP contribution is -2.49. The van der Waals surface area contributed by atoms with Gasteiger partial charge in [-0.1, -0.05) is 17.7 Å². The average Bonchev–Trinajstić information content (AvgIpc) is 2.50. The summed E-state index contributed by atoms with van der Waals surface area (Å²) in [6.07, 6.45) is 2.19. The molecule has 0 radical (unpaired) electrons. The molecule has 23 heavy (non-hydrogen) atoms. The molecule has 0 spiro atoms. The van der Waals surface area contributed by atoms with E-state index in [1.165, 1.54) is 0 Å². The summed E-state index contributed by atoms with van der Waals surface area (Å²) in [5.41, 5.74) is 2.82. The number of nitrogens with zero attached hydrogens (tertiary/aromatic N) is 1. The highest BCUT2D eigenvalue weighted by Gasteiger charge is 2.21. The first kappa shape index (κ1) is 17.4. The second-order valence-corrected chi connectivity index (χ2v) is 6.18. The molecule has 1 saturated heterocycles. The molecular weight excluding hydrogens is 292 g/mol. The molecule has 2 rings (SSSR count). The van der Waals surface area contributed by atoms with E-state index < -0.39 is 6.03 Å². The Bertz CT molecular complexity index is 574. The molecule has 0 aliphatic carbocycles. The molecule has 1 aromatic carbocycles. The Morgan fingerprint density at radius 3 is 2.78 bits per heavy atom. The number of hydrogen-bond acceptors (Lipinski definition) is 4. The maximum atomic E-state index is 12.0. The van der Waals surface area contributed by atoms with Crippen molar-refractivity contribution in [3.8, 4) is 0 Å². The van der Waals surface area contributed by atoms with Crippen molar-refractivity contribution >= 4 is 17.6 Å². The third kappa shape index (κ3) is 5.33. The van der Waals surface area contributed by atoms with Crippen LogP contribution < -0.4 is 16.0 Å². The smallest absolute Gasteiger partial charge is 0.316 e. The molecule has 6 heteroatoms. The summed E-state index contributed by atoms with van der Waals surface area (Å²) in [5, 5.41) is 8.36. The Kier molecular flexibility index (Phi) is 6.12. The van der Waals surface area contributed by atoms with Crippen LogP contribution in [0.1, 0.15) is 24.0 Å². The molecule has 1 heterocycles. The standard InChI is InChI=1S/C17H26N4O2/c1-12-6-7-15(13(2)9-12)19-17(23)20-16(22)11-21-8-4-5-14(10-21)18-3/h6-7,9,14,18H,4-5,8,10-11H2,1-3H3,(H2,19,20,22,23). The number of carbonyl (C=O) groups is 2. The summed E-state index contributed by atoms with van der Waals surface area (Å²) < 4.78 is 0. The molecule has 3 N–H and O–H groups in total. The van der Waals surface area contributed by atoms with Crippen LogP contribution >= 0.6 is 0 Å². The summed E-state index contributed by atoms with van der Waals surface area (Å²) in [6.45, 7) is 5.90. The largest absolute Gasteiger partial charge is 0.325 e. The molecule has 1 aliphatic rings. The number of hydrogen-bond donors (Lipinski definition) is 3. The normalized spacial score (nSPS) is 18.5. The summed E-state index contributed by atoms with van der Waals surface area (Å²) in [6, 6.07) is 5.69. The van der Waals surface area contributed by atoms with Gasteiger partial charge in [-0.15, -0.1) is 0 Å². The highest BCUT2D eigenvalue weighted by molar-refractivity contribution is 6.02. The highest BCUT2D eigenvalue weighted by atomic mass is 16.2. The van der Waals surface area contributed by atoms with Gasteiger partial charge in [0.25, 0.3) is 0 Å². The van der Waals surface area contributed by atoms with Gasteiger partial charge in [-0.2, -0.15) is 0 Å². The third-order valence-corrected chi connectivity index (χ3v) is 4.16. The summed E-state index contributed by atoms with van der Waals surface area (Å²) in [5.74, 6) is -0.274. The van der Waals surface area contributed by atoms with Crippen LogP contribution in [0.5, 0.6) is 0 Å². The van der Waals surface area contributed by atoms with Crippen LogP contribution in [-0.2, 0) is 4.79 Å². The number of benzene rings is 1. The number of urea groups is 1. The van der Waals surface area contributed by atoms with Crippen LogP contribution in [0.15, 0.2) is 18.2 Å². The number of aryl methyl sites for hydroxylation is 2. The van der Waals surface area contributed by atoms with Crippen LogP contribution in [0.4, 0.5) is 10.5 Å². The van der Waals surface area contributed by atoms with Gasteiger partial charge in [-0.05, 0) is 51.9 Å². The fourth-order valence-corrected chi connectivity index (χ4v) is 2.91. The van der Waals surface area contributed by atoms with Gasteiger partial charge in [0.1, 0.15) is 0 Å². The molecule has 1 unspecified atom stereocenters. The van der Waals surface area contributed by atoms with Gasteiger partial charge in [0.2, 0.25) is 5.91 Å². The minimum Gasteiger partial charge on any atom is -0.316 e. The van der Waals surface area contributed by atoms with Gasteiger partial charge in [-0.3, -0.25) is 15.0 Å². The average molecular weight is 318 g/mol. The zero-order valence-electron chi connectivity index (χ0n) is 14.1. The maximum absolute atomic E-state index is 12.0. The fourth-order valence-electron chi connectivity index (χ4n) is 2.91. The van der Waals surface area contributed by atoms with Gasteiger partial charge in [0.05, 0.1) is 6.54 Å². The molecule has 0 saturated carbocycles. The summed E-state index contributed by atoms with van der Waals surface area (Å²) in [4.78, 5) is 26.0. The number of piperidine rings is 1. The van der Waals surface area contributed by atoms with Crippen molar-refractivity contribution in [1.82, 2.24) is 15.5 Å². The van der Waals surface area contributed by atoms with Gasteiger partial charge >= 0.3 is 6.03 Å². The SMILES string of the molecule is CNC1CCCN(CC(=O)NC(=O)Nc2ccc(C)cc2C)C1. The van der Waals surface area contributed by atoms with E-state index in [2.05, 4.69) is 20.9 Å². The fraction of sp³-hybridized carbons (Fsp3) is 0.529. The first-order valence-electron chi connectivity index (χ1n) is 8.05. The van der Waals surface area contributed by atoms with Crippen molar-refractivity contribution in [2.24, 2.45) is 0 Å². The Morgan fingerprint density at radius 2 is 2.09 bits per heavy atom. The molecule has 1 atom stereocenters. The number of amides is 3. The predicted octanol–water partition coefficient (Wildman–Crippen LogP) is 1.64. The number of rotatable bonds is 4. The molecule has 1 aromatic rings. The van der Waals surface area contributed by atoms with Crippen molar-refractivity contribution < 1.29 is 9.59 Å². The minimum atomic E-state index is -0.482. The van der Waals surface area contributed by atoms with Crippen LogP contribution in [-0.4, -0.2) is 49.6 Å². The monoisotopic (exact) mass is 318 g/mol. The number of imide groups is 1. The Balaban J connectivity index is 1.81. The van der Waals surface area contributed by atoms with E-state index in [4.69, 9.17) is 0 Å². The first-order chi connectivity index (χ1) is 11.0. The van der Waals surface area contributed by atoms with E-state index >= 15 is 0 Å². The van der Waals surface area contributed by atoms with Gasteiger partial charge in [0.15, 0.2) is 0 Å². The number of nitrogens with one attached hydrogen (secondary N) is 3. The van der Waals surface area contributed by atoms with Crippen molar-refractivity contribution in [3.63, 3.8) is 0 Å². The molecule has 1 aliphatic heterocycles. The second kappa shape index (κ2) is 8.08. The van der Waals surface area contributed by atoms with Crippen LogP contribution in [0, 0.1) is 13.8 Å². The van der Waals surface area contributed by atoms with Crippen LogP contribution in [0.2, 0.25) is 0 Å². The predicted molar refractivity (Wildman–Crippen MR) is 91.6 cm³/mol. The third-order valence-electron chi connectivity index (χ3n) is 4.16. The topological polar surface area (TPSA) is 73.5 Å². The summed E-state index contributed by atoms with van der Waals surface area (Å²) in [7, 11) is 1.94. The first-order valence-corrected chi connectivity index (χ1v) is 8.05. The lowest BCUT2D eigenvalue weighted by molar-refractivity contribution is -0.121. The lowest BCUT2D eigenvalue weighted by atomic mass is 10.1. The Labute approximate surface area is 137 Å². The number of likely N-dealkylation sites (N-methyl/N-ethyl adjacent to an activating group) is 1. The van der Waals surface area contributed by atoms with Gasteiger partial charge in [0, 0.05) is 18.3 Å². The minimum absolute atomic E-state index is 0.248. The quantitative estimate of drug-likeness (QED) is 0.789.